The lowest BCUT2D eigenvalue weighted by Gasteiger charge is -2.30. The van der Waals surface area contributed by atoms with E-state index >= 15 is 0 Å². The van der Waals surface area contributed by atoms with Crippen LogP contribution in [0, 0.1) is 17.8 Å². The number of aliphatic hydroxyl groups is 1. The van der Waals surface area contributed by atoms with Gasteiger partial charge in [0.2, 0.25) is 17.7 Å². The summed E-state index contributed by atoms with van der Waals surface area (Å²) in [6.45, 7) is 13.4. The molecule has 0 aliphatic rings. The van der Waals surface area contributed by atoms with E-state index in [0.29, 0.717) is 36.3 Å². The Morgan fingerprint density at radius 2 is 1.40 bits per heavy atom. The van der Waals surface area contributed by atoms with E-state index in [0.717, 1.165) is 0 Å². The third-order valence-electron chi connectivity index (χ3n) is 6.92. The fraction of sp³-hybridized carbons (Fsp3) is 0.688. The van der Waals surface area contributed by atoms with Gasteiger partial charge in [-0.05, 0) is 75.5 Å². The molecule has 0 fully saturated rings. The summed E-state index contributed by atoms with van der Waals surface area (Å²) in [6.07, 6.45) is 2.35. The molecule has 5 atom stereocenters. The molecule has 10 nitrogen and oxygen atoms in total. The minimum Gasteiger partial charge on any atom is -0.496 e. The average molecular weight is 623 g/mol. The first-order chi connectivity index (χ1) is 20.2. The van der Waals surface area contributed by atoms with Crippen molar-refractivity contribution < 1.29 is 29.0 Å². The molecule has 0 saturated carbocycles. The quantitative estimate of drug-likeness (QED) is 0.159. The zero-order valence-electron chi connectivity index (χ0n) is 27.4. The number of carbonyl (C=O) groups excluding carboxylic acids is 4. The summed E-state index contributed by atoms with van der Waals surface area (Å²) in [4.78, 5) is 52.4. The number of rotatable bonds is 19. The van der Waals surface area contributed by atoms with E-state index in [4.69, 9.17) is 4.74 Å². The Hall–Kier alpha value is -2.79. The smallest absolute Gasteiger partial charge is 0.255 e. The Morgan fingerprint density at radius 3 is 1.95 bits per heavy atom. The van der Waals surface area contributed by atoms with Gasteiger partial charge in [-0.2, -0.15) is 11.8 Å². The summed E-state index contributed by atoms with van der Waals surface area (Å²) in [5.41, 5.74) is 0.323. The molecular weight excluding hydrogens is 568 g/mol. The third-order valence-corrected chi connectivity index (χ3v) is 7.56. The zero-order valence-corrected chi connectivity index (χ0v) is 28.2. The molecule has 43 heavy (non-hydrogen) atoms. The van der Waals surface area contributed by atoms with Crippen molar-refractivity contribution >= 4 is 35.4 Å². The fourth-order valence-electron chi connectivity index (χ4n) is 4.71. The van der Waals surface area contributed by atoms with Gasteiger partial charge in [0.15, 0.2) is 0 Å². The standard InChI is InChI=1S/C32H54N4O6S/c1-19(2)16-25(27(37)18-22(7)29(38)36-26(17-20(3)4)32(41)33-21(5)6)35-31(40)24(14-15-43-9)34-30(39)23-12-10-11-13-28(23)42-8/h10-13,19-22,24-27,37H,14-18H2,1-9H3,(H,33,41)(H,34,39)(H,35,40)(H,36,38)/t22?,24?,25-,26-,27?/m0/s1. The third kappa shape index (κ3) is 14.0. The molecule has 0 spiro atoms. The molecule has 0 radical (unpaired) electrons. The highest BCUT2D eigenvalue weighted by Crippen LogP contribution is 2.19. The molecule has 0 aliphatic carbocycles. The zero-order chi connectivity index (χ0) is 32.7. The summed E-state index contributed by atoms with van der Waals surface area (Å²) in [7, 11) is 1.48. The van der Waals surface area contributed by atoms with Gasteiger partial charge in [-0.1, -0.05) is 46.8 Å². The molecule has 0 heterocycles. The number of amides is 4. The first-order valence-electron chi connectivity index (χ1n) is 15.2. The van der Waals surface area contributed by atoms with Gasteiger partial charge in [0, 0.05) is 12.0 Å². The van der Waals surface area contributed by atoms with Crippen LogP contribution in [0.25, 0.3) is 0 Å². The van der Waals surface area contributed by atoms with E-state index in [9.17, 15) is 24.3 Å². The predicted molar refractivity (Wildman–Crippen MR) is 173 cm³/mol. The van der Waals surface area contributed by atoms with Crippen LogP contribution in [0.2, 0.25) is 0 Å². The number of para-hydroxylation sites is 1. The summed E-state index contributed by atoms with van der Waals surface area (Å²) in [5.74, 6) is -0.627. The Balaban J connectivity index is 3.02. The number of thioether (sulfide) groups is 1. The minimum absolute atomic E-state index is 0.0574. The van der Waals surface area contributed by atoms with E-state index in [1.165, 1.54) is 7.11 Å². The molecule has 3 unspecified atom stereocenters. The normalized spacial score (nSPS) is 14.9. The molecule has 0 aliphatic heterocycles. The summed E-state index contributed by atoms with van der Waals surface area (Å²) in [6, 6.07) is 4.60. The molecule has 4 amide bonds. The van der Waals surface area contributed by atoms with E-state index in [-0.39, 0.29) is 36.1 Å². The largest absolute Gasteiger partial charge is 0.496 e. The van der Waals surface area contributed by atoms with Crippen molar-refractivity contribution in [1.29, 1.82) is 0 Å². The van der Waals surface area contributed by atoms with Crippen molar-refractivity contribution in [1.82, 2.24) is 21.3 Å². The van der Waals surface area contributed by atoms with Crippen LogP contribution in [0.15, 0.2) is 24.3 Å². The van der Waals surface area contributed by atoms with Gasteiger partial charge < -0.3 is 31.1 Å². The topological polar surface area (TPSA) is 146 Å². The van der Waals surface area contributed by atoms with Gasteiger partial charge in [0.05, 0.1) is 24.8 Å². The summed E-state index contributed by atoms with van der Waals surface area (Å²) >= 11 is 1.56. The predicted octanol–water partition coefficient (Wildman–Crippen LogP) is 3.52. The number of carbonyl (C=O) groups is 4. The van der Waals surface area contributed by atoms with Crippen LogP contribution >= 0.6 is 11.8 Å². The van der Waals surface area contributed by atoms with Crippen LogP contribution in [0.4, 0.5) is 0 Å². The lowest BCUT2D eigenvalue weighted by Crippen LogP contribution is -2.54. The molecule has 244 valence electrons. The average Bonchev–Trinajstić information content (AvgIpc) is 2.93. The molecule has 11 heteroatoms. The Morgan fingerprint density at radius 1 is 0.791 bits per heavy atom. The highest BCUT2D eigenvalue weighted by molar-refractivity contribution is 7.98. The second kappa shape index (κ2) is 19.5. The van der Waals surface area contributed by atoms with Crippen molar-refractivity contribution in [3.8, 4) is 5.75 Å². The van der Waals surface area contributed by atoms with E-state index in [1.807, 2.05) is 47.8 Å². The fourth-order valence-corrected chi connectivity index (χ4v) is 5.18. The van der Waals surface area contributed by atoms with Crippen LogP contribution in [0.5, 0.6) is 5.75 Å². The van der Waals surface area contributed by atoms with Crippen molar-refractivity contribution in [2.45, 2.75) is 104 Å². The molecule has 0 saturated heterocycles. The van der Waals surface area contributed by atoms with Crippen molar-refractivity contribution in [3.63, 3.8) is 0 Å². The first kappa shape index (κ1) is 38.2. The van der Waals surface area contributed by atoms with Crippen LogP contribution in [0.1, 0.15) is 84.5 Å². The maximum atomic E-state index is 13.5. The number of hydrogen-bond acceptors (Lipinski definition) is 7. The summed E-state index contributed by atoms with van der Waals surface area (Å²) in [5, 5.41) is 22.7. The minimum atomic E-state index is -1.02. The van der Waals surface area contributed by atoms with Crippen LogP contribution in [0.3, 0.4) is 0 Å². The molecule has 1 aromatic carbocycles. The Kier molecular flexibility index (Phi) is 17.3. The van der Waals surface area contributed by atoms with Gasteiger partial charge in [-0.15, -0.1) is 0 Å². The van der Waals surface area contributed by atoms with Crippen molar-refractivity contribution in [3.05, 3.63) is 29.8 Å². The van der Waals surface area contributed by atoms with Crippen LogP contribution in [-0.4, -0.2) is 78.1 Å². The molecule has 1 aromatic rings. The number of aliphatic hydroxyl groups excluding tert-OH is 1. The number of methoxy groups -OCH3 is 1. The first-order valence-corrected chi connectivity index (χ1v) is 16.6. The molecule has 5 N–H and O–H groups in total. The number of nitrogens with one attached hydrogen (secondary N) is 4. The second-order valence-electron chi connectivity index (χ2n) is 12.3. The van der Waals surface area contributed by atoms with E-state index < -0.39 is 42.0 Å². The maximum absolute atomic E-state index is 13.5. The molecule has 0 bridgehead atoms. The number of ether oxygens (including phenoxy) is 1. The van der Waals surface area contributed by atoms with Gasteiger partial charge in [0.25, 0.3) is 5.91 Å². The number of benzene rings is 1. The number of hydrogen-bond donors (Lipinski definition) is 5. The van der Waals surface area contributed by atoms with E-state index in [2.05, 4.69) is 21.3 Å². The van der Waals surface area contributed by atoms with E-state index in [1.54, 1.807) is 43.0 Å². The lowest BCUT2D eigenvalue weighted by molar-refractivity contribution is -0.132. The highest BCUT2D eigenvalue weighted by Gasteiger charge is 2.31. The Labute approximate surface area is 262 Å². The molecule has 1 rings (SSSR count). The van der Waals surface area contributed by atoms with Gasteiger partial charge in [0.1, 0.15) is 17.8 Å². The van der Waals surface area contributed by atoms with Crippen LogP contribution in [-0.2, 0) is 14.4 Å². The van der Waals surface area contributed by atoms with Crippen LogP contribution < -0.4 is 26.0 Å². The Bertz CT molecular complexity index is 1030. The monoisotopic (exact) mass is 622 g/mol. The van der Waals surface area contributed by atoms with Crippen molar-refractivity contribution in [2.24, 2.45) is 17.8 Å². The summed E-state index contributed by atoms with van der Waals surface area (Å²) < 4.78 is 5.30. The maximum Gasteiger partial charge on any atom is 0.255 e. The van der Waals surface area contributed by atoms with Gasteiger partial charge in [-0.3, -0.25) is 19.2 Å². The van der Waals surface area contributed by atoms with Crippen molar-refractivity contribution in [2.75, 3.05) is 19.1 Å². The van der Waals surface area contributed by atoms with Gasteiger partial charge in [-0.25, -0.2) is 0 Å². The molecule has 0 aromatic heterocycles. The van der Waals surface area contributed by atoms with Gasteiger partial charge >= 0.3 is 0 Å². The second-order valence-corrected chi connectivity index (χ2v) is 13.3. The lowest BCUT2D eigenvalue weighted by atomic mass is 9.91. The molecular formula is C32H54N4O6S. The highest BCUT2D eigenvalue weighted by atomic mass is 32.2. The SMILES string of the molecule is COc1ccccc1C(=O)NC(CCSC)C(=O)N[C@@H](CC(C)C)C(O)CC(C)C(=O)N[C@@H](CC(C)C)C(=O)NC(C)C.